The molecular formula is C19H22F3N7O2. The predicted molar refractivity (Wildman–Crippen MR) is 97.8 cm³/mol. The summed E-state index contributed by atoms with van der Waals surface area (Å²) in [6.45, 7) is 2.85. The summed E-state index contributed by atoms with van der Waals surface area (Å²) in [7, 11) is 0. The third-order valence-corrected chi connectivity index (χ3v) is 7.64. The summed E-state index contributed by atoms with van der Waals surface area (Å²) in [4.78, 5) is 20.8. The summed E-state index contributed by atoms with van der Waals surface area (Å²) in [6.07, 6.45) is -0.592. The van der Waals surface area contributed by atoms with Crippen LogP contribution in [-0.2, 0) is 11.8 Å². The number of aromatic nitrogens is 5. The lowest BCUT2D eigenvalue weighted by atomic mass is 9.31. The Morgan fingerprint density at radius 1 is 1.19 bits per heavy atom. The van der Waals surface area contributed by atoms with Crippen molar-refractivity contribution in [2.75, 3.05) is 26.2 Å². The summed E-state index contributed by atoms with van der Waals surface area (Å²) in [5.74, 6) is 1.45. The molecule has 5 fully saturated rings. The van der Waals surface area contributed by atoms with Crippen molar-refractivity contribution in [2.24, 2.45) is 11.3 Å². The van der Waals surface area contributed by atoms with Gasteiger partial charge in [0.2, 0.25) is 11.8 Å². The van der Waals surface area contributed by atoms with Crippen molar-refractivity contribution >= 4 is 6.03 Å². The van der Waals surface area contributed by atoms with Gasteiger partial charge in [0.1, 0.15) is 18.6 Å². The number of aromatic amines is 1. The fourth-order valence-electron chi connectivity index (χ4n) is 6.03. The van der Waals surface area contributed by atoms with Crippen LogP contribution in [0.15, 0.2) is 10.7 Å². The van der Waals surface area contributed by atoms with E-state index in [9.17, 15) is 18.0 Å². The number of likely N-dealkylation sites (tertiary alicyclic amines) is 2. The summed E-state index contributed by atoms with van der Waals surface area (Å²) in [5, 5.41) is 14.2. The first-order valence-corrected chi connectivity index (χ1v) is 10.5. The van der Waals surface area contributed by atoms with Gasteiger partial charge in [-0.15, -0.1) is 10.2 Å². The normalized spacial score (nSPS) is 32.5. The maximum absolute atomic E-state index is 12.8. The predicted octanol–water partition coefficient (Wildman–Crippen LogP) is 2.26. The number of amides is 2. The number of hydrogen-bond acceptors (Lipinski definition) is 6. The molecule has 166 valence electrons. The van der Waals surface area contributed by atoms with Crippen molar-refractivity contribution in [3.05, 3.63) is 23.9 Å². The van der Waals surface area contributed by atoms with Gasteiger partial charge in [-0.25, -0.2) is 9.78 Å². The zero-order valence-corrected chi connectivity index (χ0v) is 16.7. The molecular weight excluding hydrogens is 415 g/mol. The van der Waals surface area contributed by atoms with Gasteiger partial charge in [-0.3, -0.25) is 5.10 Å². The number of nitrogens with one attached hydrogen (secondary N) is 1. The van der Waals surface area contributed by atoms with Gasteiger partial charge in [0, 0.05) is 32.1 Å². The Hall–Kier alpha value is -2.66. The van der Waals surface area contributed by atoms with Crippen LogP contribution in [0, 0.1) is 11.3 Å². The van der Waals surface area contributed by atoms with E-state index in [2.05, 4.69) is 25.4 Å². The average molecular weight is 437 g/mol. The number of hydrogen-bond donors (Lipinski definition) is 1. The Bertz CT molecular complexity index is 979. The minimum atomic E-state index is -4.35. The monoisotopic (exact) mass is 437 g/mol. The first-order chi connectivity index (χ1) is 14.8. The van der Waals surface area contributed by atoms with Crippen LogP contribution in [0.25, 0.3) is 0 Å². The van der Waals surface area contributed by atoms with E-state index in [-0.39, 0.29) is 28.7 Å². The number of nitrogens with zero attached hydrogens (tertiary/aromatic N) is 6. The van der Waals surface area contributed by atoms with E-state index < -0.39 is 12.6 Å². The lowest BCUT2D eigenvalue weighted by Crippen LogP contribution is -2.73. The summed E-state index contributed by atoms with van der Waals surface area (Å²) < 4.78 is 42.9. The number of H-pyrrole nitrogens is 1. The zero-order chi connectivity index (χ0) is 21.4. The van der Waals surface area contributed by atoms with E-state index in [1.807, 2.05) is 9.80 Å². The quantitative estimate of drug-likeness (QED) is 0.787. The maximum atomic E-state index is 12.8. The number of carbonyl (C=O) groups is 1. The molecule has 0 radical (unpaired) electrons. The molecule has 0 aromatic carbocycles. The van der Waals surface area contributed by atoms with Gasteiger partial charge in [-0.1, -0.05) is 0 Å². The zero-order valence-electron chi connectivity index (χ0n) is 16.7. The standard InChI is InChI=1S/C19H22F3N7O2/c20-19(21,22)3-13-25-27-15(31-13)18-7-17(8-18,9-18)12-5-29(6-12)16(30)28-2-1-11(4-28)14-23-10-24-26-14/h10-12H,1-9H2,(H,23,24,26)/t11-,17?,18?/m0/s1. The van der Waals surface area contributed by atoms with E-state index in [0.717, 1.165) is 51.1 Å². The van der Waals surface area contributed by atoms with Crippen LogP contribution >= 0.6 is 0 Å². The molecule has 2 bridgehead atoms. The minimum absolute atomic E-state index is 0.0771. The number of halogens is 3. The molecule has 9 nitrogen and oxygen atoms in total. The fraction of sp³-hybridized carbons (Fsp3) is 0.737. The molecule has 12 heteroatoms. The first-order valence-electron chi connectivity index (χ1n) is 10.5. The Balaban J connectivity index is 1.00. The lowest BCUT2D eigenvalue weighted by Gasteiger charge is -2.74. The molecule has 31 heavy (non-hydrogen) atoms. The van der Waals surface area contributed by atoms with Crippen LogP contribution in [-0.4, -0.2) is 73.6 Å². The van der Waals surface area contributed by atoms with Crippen LogP contribution in [0.4, 0.5) is 18.0 Å². The highest BCUT2D eigenvalue weighted by Crippen LogP contribution is 2.77. The molecule has 2 aliphatic heterocycles. The second-order valence-electron chi connectivity index (χ2n) is 9.65. The van der Waals surface area contributed by atoms with Crippen LogP contribution in [0.1, 0.15) is 49.2 Å². The number of rotatable bonds is 4. The molecule has 1 atom stereocenters. The number of carbonyl (C=O) groups excluding carboxylic acids is 1. The van der Waals surface area contributed by atoms with Gasteiger partial charge in [-0.2, -0.15) is 18.3 Å². The second kappa shape index (κ2) is 6.19. The second-order valence-corrected chi connectivity index (χ2v) is 9.65. The van der Waals surface area contributed by atoms with Crippen molar-refractivity contribution in [3.63, 3.8) is 0 Å². The van der Waals surface area contributed by atoms with E-state index in [1.165, 1.54) is 6.33 Å². The number of alkyl halides is 3. The van der Waals surface area contributed by atoms with Crippen LogP contribution in [0.3, 0.4) is 0 Å². The van der Waals surface area contributed by atoms with Crippen LogP contribution in [0.2, 0.25) is 0 Å². The smallest absolute Gasteiger partial charge is 0.397 e. The van der Waals surface area contributed by atoms with Crippen molar-refractivity contribution in [1.82, 2.24) is 35.2 Å². The fourth-order valence-corrected chi connectivity index (χ4v) is 6.03. The molecule has 3 aliphatic carbocycles. The van der Waals surface area contributed by atoms with Gasteiger partial charge >= 0.3 is 12.2 Å². The van der Waals surface area contributed by atoms with Gasteiger partial charge in [0.25, 0.3) is 0 Å². The van der Waals surface area contributed by atoms with Gasteiger partial charge in [0.05, 0.1) is 5.41 Å². The van der Waals surface area contributed by atoms with E-state index >= 15 is 0 Å². The number of urea groups is 1. The molecule has 7 rings (SSSR count). The largest absolute Gasteiger partial charge is 0.424 e. The third-order valence-electron chi connectivity index (χ3n) is 7.64. The minimum Gasteiger partial charge on any atom is -0.424 e. The van der Waals surface area contributed by atoms with Gasteiger partial charge in [0.15, 0.2) is 0 Å². The molecule has 2 aromatic heterocycles. The molecule has 3 saturated carbocycles. The Morgan fingerprint density at radius 2 is 1.97 bits per heavy atom. The first kappa shape index (κ1) is 19.1. The molecule has 4 heterocycles. The Morgan fingerprint density at radius 3 is 2.65 bits per heavy atom. The van der Waals surface area contributed by atoms with Gasteiger partial charge < -0.3 is 14.2 Å². The molecule has 5 aliphatic rings. The highest BCUT2D eigenvalue weighted by molar-refractivity contribution is 5.76. The summed E-state index contributed by atoms with van der Waals surface area (Å²) in [5.41, 5.74) is -0.0800. The van der Waals surface area contributed by atoms with Crippen LogP contribution in [0.5, 0.6) is 0 Å². The molecule has 0 spiro atoms. The molecule has 0 unspecified atom stereocenters. The molecule has 2 aromatic rings. The molecule has 1 N–H and O–H groups in total. The van der Waals surface area contributed by atoms with Crippen molar-refractivity contribution in [3.8, 4) is 0 Å². The van der Waals surface area contributed by atoms with E-state index in [0.29, 0.717) is 18.4 Å². The topological polar surface area (TPSA) is 104 Å². The van der Waals surface area contributed by atoms with E-state index in [1.54, 1.807) is 0 Å². The van der Waals surface area contributed by atoms with Crippen molar-refractivity contribution < 1.29 is 22.4 Å². The summed E-state index contributed by atoms with van der Waals surface area (Å²) >= 11 is 0. The highest BCUT2D eigenvalue weighted by atomic mass is 19.4. The third kappa shape index (κ3) is 2.93. The van der Waals surface area contributed by atoms with Gasteiger partial charge in [-0.05, 0) is 37.0 Å². The molecule has 2 saturated heterocycles. The summed E-state index contributed by atoms with van der Waals surface area (Å²) in [6, 6.07) is 0.0771. The highest BCUT2D eigenvalue weighted by Gasteiger charge is 2.74. The van der Waals surface area contributed by atoms with Crippen molar-refractivity contribution in [2.45, 2.75) is 49.6 Å². The van der Waals surface area contributed by atoms with Crippen molar-refractivity contribution in [1.29, 1.82) is 0 Å². The van der Waals surface area contributed by atoms with Crippen LogP contribution < -0.4 is 0 Å². The molecule has 2 amide bonds. The van der Waals surface area contributed by atoms with E-state index in [4.69, 9.17) is 4.42 Å². The Labute approximate surface area is 175 Å². The Kier molecular flexibility index (Phi) is 3.81. The maximum Gasteiger partial charge on any atom is 0.397 e. The lowest BCUT2D eigenvalue weighted by molar-refractivity contribution is -0.216. The SMILES string of the molecule is O=C(N1CC(C23CC(c4nnc(CC(F)(F)F)o4)(C2)C3)C1)N1CC[C@H](c2ncn[nH]2)C1. The average Bonchev–Trinajstić information content (AvgIpc) is 3.32.